The van der Waals surface area contributed by atoms with Crippen LogP contribution in [0.4, 0.5) is 4.79 Å². The van der Waals surface area contributed by atoms with Gasteiger partial charge in [0, 0.05) is 30.1 Å². The topological polar surface area (TPSA) is 104 Å². The number of hydrogen-bond acceptors (Lipinski definition) is 6. The molecule has 8 heteroatoms. The highest BCUT2D eigenvalue weighted by Gasteiger charge is 2.31. The zero-order valence-corrected chi connectivity index (χ0v) is 17.2. The maximum absolute atomic E-state index is 12.2. The lowest BCUT2D eigenvalue weighted by molar-refractivity contribution is 0.0275. The Morgan fingerprint density at radius 3 is 2.83 bits per heavy atom. The van der Waals surface area contributed by atoms with Gasteiger partial charge in [0.05, 0.1) is 35.7 Å². The highest BCUT2D eigenvalue weighted by molar-refractivity contribution is 5.97. The van der Waals surface area contributed by atoms with Crippen LogP contribution >= 0.6 is 0 Å². The molecule has 0 spiro atoms. The minimum atomic E-state index is -0.520. The van der Waals surface area contributed by atoms with Crippen molar-refractivity contribution in [2.45, 2.75) is 38.9 Å². The highest BCUT2D eigenvalue weighted by Crippen LogP contribution is 2.29. The predicted octanol–water partition coefficient (Wildman–Crippen LogP) is 3.88. The van der Waals surface area contributed by atoms with Crippen molar-refractivity contribution in [3.63, 3.8) is 0 Å². The molecule has 3 aromatic rings. The Hall–Kier alpha value is -3.60. The van der Waals surface area contributed by atoms with Gasteiger partial charge in [-0.05, 0) is 26.8 Å². The van der Waals surface area contributed by atoms with E-state index in [2.05, 4.69) is 21.0 Å². The van der Waals surface area contributed by atoms with Crippen molar-refractivity contribution in [1.29, 1.82) is 5.26 Å². The molecule has 0 aliphatic carbocycles. The van der Waals surface area contributed by atoms with Gasteiger partial charge in [-0.3, -0.25) is 0 Å². The Morgan fingerprint density at radius 1 is 1.30 bits per heavy atom. The van der Waals surface area contributed by atoms with Crippen LogP contribution in [0.3, 0.4) is 0 Å². The number of fused-ring (bicyclic) bond motifs is 1. The molecule has 1 aromatic carbocycles. The SMILES string of the molecule is CC(C)(C)OC(=O)N1CCC(Oc2cnc(-c3c[nH]c4c(C#N)cccc34)cn2)C1. The van der Waals surface area contributed by atoms with Crippen molar-refractivity contribution in [2.24, 2.45) is 0 Å². The number of likely N-dealkylation sites (tertiary alicyclic amines) is 1. The van der Waals surface area contributed by atoms with Crippen molar-refractivity contribution < 1.29 is 14.3 Å². The monoisotopic (exact) mass is 405 g/mol. The van der Waals surface area contributed by atoms with Crippen molar-refractivity contribution in [3.8, 4) is 23.2 Å². The fourth-order valence-corrected chi connectivity index (χ4v) is 3.46. The molecule has 8 nitrogen and oxygen atoms in total. The van der Waals surface area contributed by atoms with Crippen LogP contribution in [0.1, 0.15) is 32.8 Å². The molecule has 0 radical (unpaired) electrons. The maximum Gasteiger partial charge on any atom is 0.410 e. The Kier molecular flexibility index (Phi) is 5.04. The maximum atomic E-state index is 12.2. The number of benzene rings is 1. The van der Waals surface area contributed by atoms with E-state index in [1.54, 1.807) is 23.4 Å². The van der Waals surface area contributed by atoms with E-state index in [-0.39, 0.29) is 12.2 Å². The number of ether oxygens (including phenoxy) is 2. The number of amides is 1. The third-order valence-corrected chi connectivity index (χ3v) is 4.82. The molecule has 1 unspecified atom stereocenters. The van der Waals surface area contributed by atoms with E-state index in [9.17, 15) is 10.1 Å². The average Bonchev–Trinajstić information content (AvgIpc) is 3.34. The standard InChI is InChI=1S/C22H23N5O3/c1-22(2,3)30-21(28)27-8-7-15(13-27)29-19-12-24-18(11-25-19)17-10-26-20-14(9-23)5-4-6-16(17)20/h4-6,10-12,15,26H,7-8,13H2,1-3H3. The number of hydrogen-bond donors (Lipinski definition) is 1. The molecule has 1 amide bonds. The normalized spacial score (nSPS) is 16.5. The van der Waals surface area contributed by atoms with E-state index >= 15 is 0 Å². The van der Waals surface area contributed by atoms with Crippen LogP contribution in [-0.4, -0.2) is 50.7 Å². The number of aromatic amines is 1. The quantitative estimate of drug-likeness (QED) is 0.709. The highest BCUT2D eigenvalue weighted by atomic mass is 16.6. The molecule has 1 saturated heterocycles. The van der Waals surface area contributed by atoms with Gasteiger partial charge >= 0.3 is 6.09 Å². The number of nitriles is 1. The molecule has 0 bridgehead atoms. The van der Waals surface area contributed by atoms with Crippen molar-refractivity contribution >= 4 is 17.0 Å². The Morgan fingerprint density at radius 2 is 2.13 bits per heavy atom. The van der Waals surface area contributed by atoms with Crippen LogP contribution in [0, 0.1) is 11.3 Å². The molecule has 1 atom stereocenters. The van der Waals surface area contributed by atoms with Gasteiger partial charge in [-0.1, -0.05) is 12.1 Å². The summed E-state index contributed by atoms with van der Waals surface area (Å²) in [6.45, 7) is 6.59. The van der Waals surface area contributed by atoms with Crippen LogP contribution in [0.25, 0.3) is 22.2 Å². The third kappa shape index (κ3) is 4.06. The van der Waals surface area contributed by atoms with Gasteiger partial charge in [0.25, 0.3) is 0 Å². The molecule has 3 heterocycles. The second-order valence-corrected chi connectivity index (χ2v) is 8.24. The van der Waals surface area contributed by atoms with Crippen molar-refractivity contribution in [1.82, 2.24) is 19.9 Å². The summed E-state index contributed by atoms with van der Waals surface area (Å²) in [5.74, 6) is 0.410. The number of aromatic nitrogens is 3. The summed E-state index contributed by atoms with van der Waals surface area (Å²) in [7, 11) is 0. The van der Waals surface area contributed by atoms with Crippen LogP contribution in [0.15, 0.2) is 36.8 Å². The second kappa shape index (κ2) is 7.67. The lowest BCUT2D eigenvalue weighted by atomic mass is 10.1. The molecule has 1 fully saturated rings. The number of H-pyrrole nitrogens is 1. The van der Waals surface area contributed by atoms with Gasteiger partial charge in [0.2, 0.25) is 5.88 Å². The predicted molar refractivity (Wildman–Crippen MR) is 111 cm³/mol. The van der Waals surface area contributed by atoms with Gasteiger partial charge < -0.3 is 19.4 Å². The lowest BCUT2D eigenvalue weighted by Gasteiger charge is -2.24. The molecular formula is C22H23N5O3. The van der Waals surface area contributed by atoms with Gasteiger partial charge in [-0.15, -0.1) is 0 Å². The first-order valence-electron chi connectivity index (χ1n) is 9.81. The van der Waals surface area contributed by atoms with E-state index < -0.39 is 5.60 Å². The summed E-state index contributed by atoms with van der Waals surface area (Å²) in [5, 5.41) is 10.2. The number of carbonyl (C=O) groups is 1. The van der Waals surface area contributed by atoms with Crippen molar-refractivity contribution in [2.75, 3.05) is 13.1 Å². The minimum Gasteiger partial charge on any atom is -0.471 e. The fourth-order valence-electron chi connectivity index (χ4n) is 3.46. The van der Waals surface area contributed by atoms with Gasteiger partial charge in [0.15, 0.2) is 0 Å². The molecule has 1 aliphatic heterocycles. The van der Waals surface area contributed by atoms with Crippen LogP contribution in [0.5, 0.6) is 5.88 Å². The summed E-state index contributed by atoms with van der Waals surface area (Å²) >= 11 is 0. The number of para-hydroxylation sites is 1. The van der Waals surface area contributed by atoms with Gasteiger partial charge in [-0.2, -0.15) is 5.26 Å². The minimum absolute atomic E-state index is 0.149. The number of nitrogens with one attached hydrogen (secondary N) is 1. The van der Waals surface area contributed by atoms with E-state index in [4.69, 9.17) is 9.47 Å². The van der Waals surface area contributed by atoms with E-state index in [0.717, 1.165) is 16.5 Å². The lowest BCUT2D eigenvalue weighted by Crippen LogP contribution is -2.36. The molecule has 2 aromatic heterocycles. The smallest absolute Gasteiger partial charge is 0.410 e. The third-order valence-electron chi connectivity index (χ3n) is 4.82. The molecule has 30 heavy (non-hydrogen) atoms. The summed E-state index contributed by atoms with van der Waals surface area (Å²) < 4.78 is 11.3. The van der Waals surface area contributed by atoms with Crippen LogP contribution in [-0.2, 0) is 4.74 Å². The van der Waals surface area contributed by atoms with Gasteiger partial charge in [-0.25, -0.2) is 14.8 Å². The molecule has 4 rings (SSSR count). The van der Waals surface area contributed by atoms with Crippen LogP contribution < -0.4 is 4.74 Å². The number of carbonyl (C=O) groups excluding carboxylic acids is 1. The zero-order chi connectivity index (χ0) is 21.3. The van der Waals surface area contributed by atoms with E-state index in [1.165, 1.54) is 0 Å². The average molecular weight is 405 g/mol. The Labute approximate surface area is 174 Å². The molecule has 154 valence electrons. The first-order valence-corrected chi connectivity index (χ1v) is 9.81. The van der Waals surface area contributed by atoms with E-state index in [1.807, 2.05) is 39.1 Å². The van der Waals surface area contributed by atoms with Gasteiger partial charge in [0.1, 0.15) is 17.8 Å². The molecule has 0 saturated carbocycles. The summed E-state index contributed by atoms with van der Waals surface area (Å²) in [6.07, 6.45) is 5.29. The van der Waals surface area contributed by atoms with E-state index in [0.29, 0.717) is 36.6 Å². The Balaban J connectivity index is 1.43. The number of rotatable bonds is 3. The first-order chi connectivity index (χ1) is 14.3. The summed E-state index contributed by atoms with van der Waals surface area (Å²) in [6, 6.07) is 7.74. The molecular weight excluding hydrogens is 382 g/mol. The summed E-state index contributed by atoms with van der Waals surface area (Å²) in [4.78, 5) is 25.8. The van der Waals surface area contributed by atoms with Crippen molar-refractivity contribution in [3.05, 3.63) is 42.4 Å². The largest absolute Gasteiger partial charge is 0.471 e. The summed E-state index contributed by atoms with van der Waals surface area (Å²) in [5.41, 5.74) is 2.41. The Bertz CT molecular complexity index is 1110. The zero-order valence-electron chi connectivity index (χ0n) is 17.2. The first kappa shape index (κ1) is 19.7. The molecule has 1 aliphatic rings. The second-order valence-electron chi connectivity index (χ2n) is 8.24. The fraction of sp³-hybridized carbons (Fsp3) is 0.364. The molecule has 1 N–H and O–H groups in total. The van der Waals surface area contributed by atoms with Crippen LogP contribution in [0.2, 0.25) is 0 Å². The number of nitrogens with zero attached hydrogens (tertiary/aromatic N) is 4.